The van der Waals surface area contributed by atoms with Gasteiger partial charge in [-0.05, 0) is 69.3 Å². The molecule has 0 heterocycles. The first kappa shape index (κ1) is 20.6. The number of thiocarbonyl (C=S) groups is 1. The summed E-state index contributed by atoms with van der Waals surface area (Å²) in [5.41, 5.74) is 5.78. The van der Waals surface area contributed by atoms with Crippen molar-refractivity contribution < 1.29 is 4.74 Å². The Bertz CT molecular complexity index is 597. The molecule has 0 amide bonds. The van der Waals surface area contributed by atoms with Gasteiger partial charge >= 0.3 is 0 Å². The fourth-order valence-corrected chi connectivity index (χ4v) is 3.06. The van der Waals surface area contributed by atoms with Crippen LogP contribution in [0.5, 0.6) is 0 Å². The highest BCUT2D eigenvalue weighted by atomic mass is 32.1. The molecule has 0 radical (unpaired) electrons. The van der Waals surface area contributed by atoms with Crippen LogP contribution in [0.25, 0.3) is 0 Å². The maximum absolute atomic E-state index is 5.26. The molecule has 0 unspecified atom stereocenters. The summed E-state index contributed by atoms with van der Waals surface area (Å²) in [7, 11) is 0. The molecular formula is C22H32OS. The van der Waals surface area contributed by atoms with Gasteiger partial charge in [0.25, 0.3) is 0 Å². The fraction of sp³-hybridized carbons (Fsp3) is 0.500. The second-order valence-electron chi connectivity index (χ2n) is 7.29. The van der Waals surface area contributed by atoms with E-state index in [1.54, 1.807) is 12.5 Å². The Kier molecular flexibility index (Phi) is 8.41. The van der Waals surface area contributed by atoms with Crippen LogP contribution < -0.4 is 0 Å². The third kappa shape index (κ3) is 7.44. The number of rotatable bonds is 6. The molecule has 1 aliphatic rings. The van der Waals surface area contributed by atoms with Crippen molar-refractivity contribution in [3.8, 4) is 0 Å². The highest BCUT2D eigenvalue weighted by Gasteiger charge is 2.26. The van der Waals surface area contributed by atoms with Crippen molar-refractivity contribution in [2.45, 2.75) is 60.8 Å². The molecular weight excluding hydrogens is 312 g/mol. The predicted octanol–water partition coefficient (Wildman–Crippen LogP) is 6.88. The van der Waals surface area contributed by atoms with Crippen LogP contribution in [0.3, 0.4) is 0 Å². The molecule has 132 valence electrons. The van der Waals surface area contributed by atoms with E-state index in [4.69, 9.17) is 17.0 Å². The quantitative estimate of drug-likeness (QED) is 0.383. The van der Waals surface area contributed by atoms with E-state index in [-0.39, 0.29) is 0 Å². The Morgan fingerprint density at radius 3 is 2.50 bits per heavy atom. The summed E-state index contributed by atoms with van der Waals surface area (Å²) in [6.07, 6.45) is 16.7. The Labute approximate surface area is 153 Å². The summed E-state index contributed by atoms with van der Waals surface area (Å²) in [5.74, 6) is 0. The van der Waals surface area contributed by atoms with Gasteiger partial charge < -0.3 is 4.74 Å². The third-order valence-electron chi connectivity index (χ3n) is 4.47. The van der Waals surface area contributed by atoms with Gasteiger partial charge in [-0.1, -0.05) is 60.9 Å². The van der Waals surface area contributed by atoms with Crippen LogP contribution in [-0.2, 0) is 4.74 Å². The first-order chi connectivity index (χ1) is 11.2. The van der Waals surface area contributed by atoms with Crippen LogP contribution >= 0.6 is 12.2 Å². The third-order valence-corrected chi connectivity index (χ3v) is 4.58. The van der Waals surface area contributed by atoms with Crippen molar-refractivity contribution in [2.24, 2.45) is 5.41 Å². The molecule has 1 aliphatic carbocycles. The van der Waals surface area contributed by atoms with Crippen molar-refractivity contribution in [2.75, 3.05) is 6.61 Å². The fourth-order valence-electron chi connectivity index (χ4n) is 2.99. The van der Waals surface area contributed by atoms with Crippen LogP contribution in [0, 0.1) is 5.41 Å². The van der Waals surface area contributed by atoms with Crippen molar-refractivity contribution in [3.05, 3.63) is 58.7 Å². The highest BCUT2D eigenvalue weighted by Crippen LogP contribution is 2.40. The molecule has 0 saturated carbocycles. The van der Waals surface area contributed by atoms with E-state index in [2.05, 4.69) is 65.0 Å². The molecule has 0 spiro atoms. The lowest BCUT2D eigenvalue weighted by atomic mass is 9.72. The number of ether oxygens (including phenoxy) is 1. The van der Waals surface area contributed by atoms with Crippen molar-refractivity contribution in [3.63, 3.8) is 0 Å². The summed E-state index contributed by atoms with van der Waals surface area (Å²) >= 11 is 4.89. The molecule has 0 atom stereocenters. The molecule has 0 aromatic heterocycles. The van der Waals surface area contributed by atoms with Crippen LogP contribution in [0.1, 0.15) is 60.8 Å². The van der Waals surface area contributed by atoms with Crippen molar-refractivity contribution in [1.29, 1.82) is 0 Å². The maximum Gasteiger partial charge on any atom is 0.157 e. The Morgan fingerprint density at radius 2 is 1.88 bits per heavy atom. The van der Waals surface area contributed by atoms with Crippen LogP contribution in [0.15, 0.2) is 58.7 Å². The molecule has 0 bridgehead atoms. The molecule has 0 aromatic rings. The molecule has 2 heteroatoms. The van der Waals surface area contributed by atoms with Crippen LogP contribution in [0.4, 0.5) is 0 Å². The van der Waals surface area contributed by atoms with Gasteiger partial charge in [0, 0.05) is 6.92 Å². The van der Waals surface area contributed by atoms with E-state index < -0.39 is 0 Å². The monoisotopic (exact) mass is 344 g/mol. The van der Waals surface area contributed by atoms with Gasteiger partial charge in [0.2, 0.25) is 0 Å². The van der Waals surface area contributed by atoms with Gasteiger partial charge in [0.15, 0.2) is 5.05 Å². The second kappa shape index (κ2) is 9.78. The summed E-state index contributed by atoms with van der Waals surface area (Å²) in [6, 6.07) is 0. The summed E-state index contributed by atoms with van der Waals surface area (Å²) in [4.78, 5) is 0. The van der Waals surface area contributed by atoms with Gasteiger partial charge in [-0.3, -0.25) is 0 Å². The summed E-state index contributed by atoms with van der Waals surface area (Å²) in [5, 5.41) is 0.583. The molecule has 0 aromatic carbocycles. The first-order valence-electron chi connectivity index (χ1n) is 8.76. The zero-order valence-corrected chi connectivity index (χ0v) is 16.9. The lowest BCUT2D eigenvalue weighted by Gasteiger charge is -2.32. The largest absolute Gasteiger partial charge is 0.483 e. The maximum atomic E-state index is 5.26. The van der Waals surface area contributed by atoms with Crippen LogP contribution in [-0.4, -0.2) is 11.7 Å². The Morgan fingerprint density at radius 1 is 1.17 bits per heavy atom. The average molecular weight is 345 g/mol. The van der Waals surface area contributed by atoms with Gasteiger partial charge in [0.1, 0.15) is 6.61 Å². The Balaban J connectivity index is 2.67. The smallest absolute Gasteiger partial charge is 0.157 e. The molecule has 1 nitrogen and oxygen atoms in total. The number of hydrogen-bond acceptors (Lipinski definition) is 2. The van der Waals surface area contributed by atoms with E-state index >= 15 is 0 Å². The van der Waals surface area contributed by atoms with Gasteiger partial charge in [0.05, 0.1) is 0 Å². The minimum absolute atomic E-state index is 0.300. The molecule has 0 saturated heterocycles. The SMILES string of the molecule is CC(=S)OCC=C(C)C=CC=C(C)C=CC1=C(C)CCCC1(C)C. The van der Waals surface area contributed by atoms with Crippen molar-refractivity contribution in [1.82, 2.24) is 0 Å². The van der Waals surface area contributed by atoms with E-state index in [9.17, 15) is 0 Å². The summed E-state index contributed by atoms with van der Waals surface area (Å²) in [6.45, 7) is 13.5. The van der Waals surface area contributed by atoms with E-state index in [0.717, 1.165) is 0 Å². The zero-order chi connectivity index (χ0) is 18.2. The first-order valence-corrected chi connectivity index (χ1v) is 9.16. The predicted molar refractivity (Wildman–Crippen MR) is 110 cm³/mol. The van der Waals surface area contributed by atoms with Crippen LogP contribution in [0.2, 0.25) is 0 Å². The normalized spacial score (nSPS) is 19.4. The van der Waals surface area contributed by atoms with E-state index in [1.165, 1.54) is 36.0 Å². The number of hydrogen-bond donors (Lipinski definition) is 0. The average Bonchev–Trinajstić information content (AvgIpc) is 2.45. The van der Waals surface area contributed by atoms with Gasteiger partial charge in [-0.15, -0.1) is 0 Å². The molecule has 24 heavy (non-hydrogen) atoms. The van der Waals surface area contributed by atoms with E-state index in [1.807, 2.05) is 6.08 Å². The molecule has 0 aliphatic heterocycles. The minimum atomic E-state index is 0.300. The van der Waals surface area contributed by atoms with Gasteiger partial charge in [-0.2, -0.15) is 0 Å². The molecule has 0 fully saturated rings. The second-order valence-corrected chi connectivity index (χ2v) is 7.86. The lowest BCUT2D eigenvalue weighted by molar-refractivity contribution is 0.357. The molecule has 0 N–H and O–H groups in total. The minimum Gasteiger partial charge on any atom is -0.483 e. The standard InChI is InChI=1S/C22H32OS/c1-17(9-7-10-18(2)14-16-23-20(4)24)12-13-21-19(3)11-8-15-22(21,5)6/h7,9-10,12-14H,8,11,15-16H2,1-6H3. The van der Waals surface area contributed by atoms with Gasteiger partial charge in [-0.25, -0.2) is 0 Å². The Hall–Kier alpha value is -1.41. The lowest BCUT2D eigenvalue weighted by Crippen LogP contribution is -2.19. The number of allylic oxidation sites excluding steroid dienone is 9. The highest BCUT2D eigenvalue weighted by molar-refractivity contribution is 7.80. The molecule has 1 rings (SSSR count). The van der Waals surface area contributed by atoms with E-state index in [0.29, 0.717) is 17.1 Å². The summed E-state index contributed by atoms with van der Waals surface area (Å²) < 4.78 is 5.26. The zero-order valence-electron chi connectivity index (χ0n) is 16.1. The topological polar surface area (TPSA) is 9.23 Å². The van der Waals surface area contributed by atoms with Crippen molar-refractivity contribution >= 4 is 17.3 Å².